The number of hydrogen-bond acceptors (Lipinski definition) is 2. The first-order valence-electron chi connectivity index (χ1n) is 6.02. The zero-order valence-electron chi connectivity index (χ0n) is 10.5. The smallest absolute Gasteiger partial charge is 0.0982 e. The van der Waals surface area contributed by atoms with Crippen molar-refractivity contribution < 1.29 is 4.74 Å². The summed E-state index contributed by atoms with van der Waals surface area (Å²) in [5.41, 5.74) is 2.28. The Bertz CT molecular complexity index is 479. The van der Waals surface area contributed by atoms with Crippen LogP contribution >= 0.6 is 0 Å². The predicted molar refractivity (Wildman–Crippen MR) is 75.1 cm³/mol. The van der Waals surface area contributed by atoms with Crippen LogP contribution in [0.1, 0.15) is 17.2 Å². The van der Waals surface area contributed by atoms with E-state index in [-0.39, 0.29) is 6.04 Å². The summed E-state index contributed by atoms with van der Waals surface area (Å²) in [6.07, 6.45) is 1.90. The van der Waals surface area contributed by atoms with Crippen LogP contribution in [-0.4, -0.2) is 19.9 Å². The van der Waals surface area contributed by atoms with Crippen molar-refractivity contribution in [3.63, 3.8) is 0 Å². The van der Waals surface area contributed by atoms with Gasteiger partial charge < -0.3 is 4.74 Å². The lowest BCUT2D eigenvalue weighted by Gasteiger charge is -2.11. The van der Waals surface area contributed by atoms with Gasteiger partial charge in [0.25, 0.3) is 0 Å². The quantitative estimate of drug-likeness (QED) is 0.732. The van der Waals surface area contributed by atoms with Crippen molar-refractivity contribution in [1.29, 1.82) is 0 Å². The molecule has 18 heavy (non-hydrogen) atoms. The van der Waals surface area contributed by atoms with Crippen molar-refractivity contribution in [3.05, 3.63) is 71.8 Å². The molecule has 2 heteroatoms. The van der Waals surface area contributed by atoms with E-state index in [4.69, 9.17) is 4.74 Å². The molecule has 0 amide bonds. The van der Waals surface area contributed by atoms with Crippen LogP contribution in [0.25, 0.3) is 0 Å². The highest BCUT2D eigenvalue weighted by atomic mass is 16.5. The van der Waals surface area contributed by atoms with Crippen LogP contribution in [0.3, 0.4) is 0 Å². The van der Waals surface area contributed by atoms with Crippen molar-refractivity contribution in [2.45, 2.75) is 6.04 Å². The summed E-state index contributed by atoms with van der Waals surface area (Å²) in [6, 6.07) is 20.4. The SMILES string of the molecule is COC[C@H](N=Cc1ccccc1)c1ccccc1. The molecule has 0 aliphatic heterocycles. The Morgan fingerprint density at radius 3 is 2.22 bits per heavy atom. The van der Waals surface area contributed by atoms with E-state index < -0.39 is 0 Å². The van der Waals surface area contributed by atoms with Gasteiger partial charge in [-0.1, -0.05) is 60.7 Å². The van der Waals surface area contributed by atoms with Crippen LogP contribution in [0, 0.1) is 0 Å². The molecule has 2 aromatic rings. The summed E-state index contributed by atoms with van der Waals surface area (Å²) < 4.78 is 5.23. The van der Waals surface area contributed by atoms with Crippen molar-refractivity contribution in [1.82, 2.24) is 0 Å². The summed E-state index contributed by atoms with van der Waals surface area (Å²) in [5, 5.41) is 0. The average Bonchev–Trinajstić information content (AvgIpc) is 2.45. The van der Waals surface area contributed by atoms with Gasteiger partial charge in [-0.25, -0.2) is 0 Å². The van der Waals surface area contributed by atoms with Crippen LogP contribution in [0.15, 0.2) is 65.7 Å². The Hall–Kier alpha value is -1.93. The summed E-state index contributed by atoms with van der Waals surface area (Å²) in [5.74, 6) is 0. The van der Waals surface area contributed by atoms with Crippen molar-refractivity contribution in [2.75, 3.05) is 13.7 Å². The fraction of sp³-hybridized carbons (Fsp3) is 0.188. The van der Waals surface area contributed by atoms with E-state index in [2.05, 4.69) is 17.1 Å². The van der Waals surface area contributed by atoms with Crippen LogP contribution < -0.4 is 0 Å². The van der Waals surface area contributed by atoms with E-state index in [9.17, 15) is 0 Å². The maximum absolute atomic E-state index is 5.23. The van der Waals surface area contributed by atoms with E-state index in [1.165, 1.54) is 5.56 Å². The number of nitrogens with zero attached hydrogens (tertiary/aromatic N) is 1. The molecule has 0 saturated carbocycles. The lowest BCUT2D eigenvalue weighted by Crippen LogP contribution is -2.04. The largest absolute Gasteiger partial charge is 0.382 e. The van der Waals surface area contributed by atoms with Crippen molar-refractivity contribution in [3.8, 4) is 0 Å². The zero-order chi connectivity index (χ0) is 12.6. The number of rotatable bonds is 5. The van der Waals surface area contributed by atoms with E-state index >= 15 is 0 Å². The summed E-state index contributed by atoms with van der Waals surface area (Å²) >= 11 is 0. The minimum absolute atomic E-state index is 0.0522. The van der Waals surface area contributed by atoms with Crippen LogP contribution in [-0.2, 0) is 4.74 Å². The molecule has 0 heterocycles. The van der Waals surface area contributed by atoms with Crippen molar-refractivity contribution >= 4 is 6.21 Å². The molecule has 0 fully saturated rings. The highest BCUT2D eigenvalue weighted by Gasteiger charge is 2.07. The Morgan fingerprint density at radius 2 is 1.61 bits per heavy atom. The highest BCUT2D eigenvalue weighted by Crippen LogP contribution is 2.17. The number of benzene rings is 2. The molecule has 0 aliphatic rings. The van der Waals surface area contributed by atoms with Gasteiger partial charge in [0, 0.05) is 13.3 Å². The molecule has 0 spiro atoms. The molecule has 0 N–H and O–H groups in total. The average molecular weight is 239 g/mol. The fourth-order valence-corrected chi connectivity index (χ4v) is 1.77. The fourth-order valence-electron chi connectivity index (χ4n) is 1.77. The maximum atomic E-state index is 5.23. The zero-order valence-corrected chi connectivity index (χ0v) is 10.5. The molecule has 92 valence electrons. The molecule has 0 unspecified atom stereocenters. The van der Waals surface area contributed by atoms with Gasteiger partial charge in [-0.3, -0.25) is 4.99 Å². The topological polar surface area (TPSA) is 21.6 Å². The summed E-state index contributed by atoms with van der Waals surface area (Å²) in [6.45, 7) is 0.591. The second-order valence-electron chi connectivity index (χ2n) is 4.07. The lowest BCUT2D eigenvalue weighted by atomic mass is 10.1. The van der Waals surface area contributed by atoms with E-state index in [1.807, 2.05) is 54.7 Å². The monoisotopic (exact) mass is 239 g/mol. The minimum Gasteiger partial charge on any atom is -0.382 e. The predicted octanol–water partition coefficient (Wildman–Crippen LogP) is 3.49. The van der Waals surface area contributed by atoms with Crippen molar-refractivity contribution in [2.24, 2.45) is 4.99 Å². The summed E-state index contributed by atoms with van der Waals surface area (Å²) in [7, 11) is 1.70. The van der Waals surface area contributed by atoms with Gasteiger partial charge in [-0.15, -0.1) is 0 Å². The van der Waals surface area contributed by atoms with E-state index in [0.717, 1.165) is 5.56 Å². The molecule has 1 atom stereocenters. The second kappa shape index (κ2) is 6.72. The first-order chi connectivity index (χ1) is 8.90. The standard InChI is InChI=1S/C16H17NO/c1-18-13-16(15-10-6-3-7-11-15)17-12-14-8-4-2-5-9-14/h2-12,16H,13H2,1H3/t16-/m0/s1. The van der Waals surface area contributed by atoms with Gasteiger partial charge in [0.05, 0.1) is 12.6 Å². The van der Waals surface area contributed by atoms with E-state index in [0.29, 0.717) is 6.61 Å². The van der Waals surface area contributed by atoms with Gasteiger partial charge in [-0.2, -0.15) is 0 Å². The summed E-state index contributed by atoms with van der Waals surface area (Å²) in [4.78, 5) is 4.60. The minimum atomic E-state index is 0.0522. The van der Waals surface area contributed by atoms with Crippen LogP contribution in [0.2, 0.25) is 0 Å². The molecule has 0 aromatic heterocycles. The van der Waals surface area contributed by atoms with Gasteiger partial charge in [0.1, 0.15) is 0 Å². The van der Waals surface area contributed by atoms with E-state index in [1.54, 1.807) is 7.11 Å². The number of ether oxygens (including phenoxy) is 1. The van der Waals surface area contributed by atoms with Gasteiger partial charge in [0.2, 0.25) is 0 Å². The Kier molecular flexibility index (Phi) is 4.68. The van der Waals surface area contributed by atoms with Crippen LogP contribution in [0.5, 0.6) is 0 Å². The number of methoxy groups -OCH3 is 1. The molecular weight excluding hydrogens is 222 g/mol. The maximum Gasteiger partial charge on any atom is 0.0982 e. The third-order valence-electron chi connectivity index (χ3n) is 2.71. The second-order valence-corrected chi connectivity index (χ2v) is 4.07. The first kappa shape index (κ1) is 12.5. The normalized spacial score (nSPS) is 12.7. The number of aliphatic imine (C=N–C) groups is 1. The number of hydrogen-bond donors (Lipinski definition) is 0. The Balaban J connectivity index is 2.14. The molecule has 0 bridgehead atoms. The van der Waals surface area contributed by atoms with Gasteiger partial charge >= 0.3 is 0 Å². The molecule has 2 nitrogen and oxygen atoms in total. The molecule has 0 radical (unpaired) electrons. The first-order valence-corrected chi connectivity index (χ1v) is 6.02. The molecule has 0 saturated heterocycles. The molecule has 2 aromatic carbocycles. The third kappa shape index (κ3) is 3.54. The lowest BCUT2D eigenvalue weighted by molar-refractivity contribution is 0.182. The molecule has 0 aliphatic carbocycles. The Morgan fingerprint density at radius 1 is 1.00 bits per heavy atom. The van der Waals surface area contributed by atoms with Crippen LogP contribution in [0.4, 0.5) is 0 Å². The van der Waals surface area contributed by atoms with Gasteiger partial charge in [-0.05, 0) is 11.1 Å². The highest BCUT2D eigenvalue weighted by molar-refractivity contribution is 5.79. The van der Waals surface area contributed by atoms with Gasteiger partial charge in [0.15, 0.2) is 0 Å². The molecule has 2 rings (SSSR count). The Labute approximate surface area is 108 Å². The third-order valence-corrected chi connectivity index (χ3v) is 2.71. The molecular formula is C16H17NO.